The molecule has 0 aliphatic carbocycles. The zero-order valence-corrected chi connectivity index (χ0v) is 9.83. The predicted octanol–water partition coefficient (Wildman–Crippen LogP) is -0.118. The monoisotopic (exact) mass is 244 g/mol. The molecule has 2 N–H and O–H groups in total. The largest absolute Gasteiger partial charge is 0.349 e. The van der Waals surface area contributed by atoms with Gasteiger partial charge in [-0.2, -0.15) is 12.7 Å². The number of aromatic nitrogens is 2. The molecule has 0 unspecified atom stereocenters. The third-order valence-electron chi connectivity index (χ3n) is 2.61. The number of hydrogen-bond acceptors (Lipinski definition) is 3. The first-order valence-electron chi connectivity index (χ1n) is 5.41. The van der Waals surface area contributed by atoms with Gasteiger partial charge in [0.25, 0.3) is 10.2 Å². The molecule has 2 heterocycles. The van der Waals surface area contributed by atoms with E-state index in [9.17, 15) is 8.42 Å². The summed E-state index contributed by atoms with van der Waals surface area (Å²) >= 11 is 0. The minimum absolute atomic E-state index is 0.381. The van der Waals surface area contributed by atoms with Gasteiger partial charge in [-0.3, -0.25) is 0 Å². The first kappa shape index (κ1) is 11.6. The zero-order chi connectivity index (χ0) is 11.4. The summed E-state index contributed by atoms with van der Waals surface area (Å²) in [5.41, 5.74) is 0. The number of nitrogens with zero attached hydrogens (tertiary/aromatic N) is 2. The van der Waals surface area contributed by atoms with E-state index in [0.717, 1.165) is 18.7 Å². The van der Waals surface area contributed by atoms with E-state index in [4.69, 9.17) is 0 Å². The lowest BCUT2D eigenvalue weighted by molar-refractivity contribution is 0.465. The van der Waals surface area contributed by atoms with E-state index in [0.29, 0.717) is 26.1 Å². The molecule has 1 saturated heterocycles. The van der Waals surface area contributed by atoms with Crippen molar-refractivity contribution in [1.82, 2.24) is 19.0 Å². The number of hydrogen-bond donors (Lipinski definition) is 2. The van der Waals surface area contributed by atoms with Crippen LogP contribution < -0.4 is 4.72 Å². The first-order chi connectivity index (χ1) is 7.68. The van der Waals surface area contributed by atoms with Crippen molar-refractivity contribution in [3.8, 4) is 0 Å². The van der Waals surface area contributed by atoms with E-state index >= 15 is 0 Å². The summed E-state index contributed by atoms with van der Waals surface area (Å²) in [5, 5.41) is 0. The third kappa shape index (κ3) is 2.81. The van der Waals surface area contributed by atoms with Gasteiger partial charge in [-0.25, -0.2) is 9.71 Å². The maximum absolute atomic E-state index is 11.7. The average molecular weight is 244 g/mol. The van der Waals surface area contributed by atoms with Gasteiger partial charge in [0.15, 0.2) is 0 Å². The molecular formula is C9H16N4O2S. The van der Waals surface area contributed by atoms with Crippen molar-refractivity contribution in [2.45, 2.75) is 19.3 Å². The zero-order valence-electron chi connectivity index (χ0n) is 9.02. The van der Waals surface area contributed by atoms with E-state index in [2.05, 4.69) is 14.7 Å². The van der Waals surface area contributed by atoms with Crippen LogP contribution in [0, 0.1) is 0 Å². The lowest BCUT2D eigenvalue weighted by Crippen LogP contribution is -2.39. The van der Waals surface area contributed by atoms with Crippen molar-refractivity contribution in [2.75, 3.05) is 19.6 Å². The van der Waals surface area contributed by atoms with E-state index < -0.39 is 10.2 Å². The highest BCUT2D eigenvalue weighted by Crippen LogP contribution is 2.10. The van der Waals surface area contributed by atoms with Crippen molar-refractivity contribution in [1.29, 1.82) is 0 Å². The van der Waals surface area contributed by atoms with Crippen LogP contribution in [0.2, 0.25) is 0 Å². The Hall–Kier alpha value is -0.920. The number of aromatic amines is 1. The van der Waals surface area contributed by atoms with Gasteiger partial charge in [-0.1, -0.05) is 0 Å². The topological polar surface area (TPSA) is 78.1 Å². The molecule has 0 spiro atoms. The third-order valence-corrected chi connectivity index (χ3v) is 4.22. The molecule has 0 radical (unpaired) electrons. The highest BCUT2D eigenvalue weighted by molar-refractivity contribution is 7.87. The minimum atomic E-state index is -3.27. The summed E-state index contributed by atoms with van der Waals surface area (Å²) < 4.78 is 27.6. The van der Waals surface area contributed by atoms with Crippen LogP contribution in [-0.2, 0) is 16.6 Å². The van der Waals surface area contributed by atoms with Gasteiger partial charge in [-0.15, -0.1) is 0 Å². The van der Waals surface area contributed by atoms with Crippen molar-refractivity contribution in [3.05, 3.63) is 18.2 Å². The second kappa shape index (κ2) is 4.94. The van der Waals surface area contributed by atoms with Crippen LogP contribution in [0.4, 0.5) is 0 Å². The molecule has 0 saturated carbocycles. The van der Waals surface area contributed by atoms with Crippen molar-refractivity contribution < 1.29 is 8.42 Å². The van der Waals surface area contributed by atoms with E-state index in [-0.39, 0.29) is 0 Å². The molecule has 0 amide bonds. The molecule has 6 nitrogen and oxygen atoms in total. The standard InChI is InChI=1S/C9H16N4O2S/c14-16(15,13-7-1-2-8-13)12-4-3-9-10-5-6-11-9/h5-6,12H,1-4,7-8H2,(H,10,11). The molecule has 7 heteroatoms. The summed E-state index contributed by atoms with van der Waals surface area (Å²) in [6.45, 7) is 1.65. The van der Waals surface area contributed by atoms with Crippen LogP contribution in [0.1, 0.15) is 18.7 Å². The molecule has 1 aromatic rings. The Labute approximate surface area is 95.2 Å². The molecule has 1 aromatic heterocycles. The Kier molecular flexibility index (Phi) is 3.57. The summed E-state index contributed by atoms with van der Waals surface area (Å²) in [7, 11) is -3.27. The summed E-state index contributed by atoms with van der Waals surface area (Å²) in [4.78, 5) is 6.96. The van der Waals surface area contributed by atoms with Gasteiger partial charge in [-0.05, 0) is 12.8 Å². The van der Waals surface area contributed by atoms with Crippen molar-refractivity contribution in [2.24, 2.45) is 0 Å². The molecular weight excluding hydrogens is 228 g/mol. The molecule has 1 fully saturated rings. The summed E-state index contributed by atoms with van der Waals surface area (Å²) in [5.74, 6) is 0.795. The Morgan fingerprint density at radius 3 is 2.81 bits per heavy atom. The van der Waals surface area contributed by atoms with Crippen LogP contribution >= 0.6 is 0 Å². The van der Waals surface area contributed by atoms with E-state index in [1.807, 2.05) is 0 Å². The second-order valence-corrected chi connectivity index (χ2v) is 5.55. The fraction of sp³-hybridized carbons (Fsp3) is 0.667. The van der Waals surface area contributed by atoms with Gasteiger partial charge < -0.3 is 4.98 Å². The number of rotatable bonds is 5. The smallest absolute Gasteiger partial charge is 0.279 e. The number of H-pyrrole nitrogens is 1. The van der Waals surface area contributed by atoms with Gasteiger partial charge >= 0.3 is 0 Å². The van der Waals surface area contributed by atoms with Crippen LogP contribution in [0.3, 0.4) is 0 Å². The summed E-state index contributed by atoms with van der Waals surface area (Å²) in [6, 6.07) is 0. The Bertz CT molecular complexity index is 409. The normalized spacial score (nSPS) is 18.0. The minimum Gasteiger partial charge on any atom is -0.349 e. The molecule has 0 bridgehead atoms. The average Bonchev–Trinajstić information content (AvgIpc) is 2.90. The molecule has 0 aromatic carbocycles. The Balaban J connectivity index is 1.80. The van der Waals surface area contributed by atoms with Gasteiger partial charge in [0, 0.05) is 38.4 Å². The molecule has 0 atom stereocenters. The SMILES string of the molecule is O=S(=O)(NCCc1ncc[nH]1)N1CCCC1. The fourth-order valence-corrected chi connectivity index (χ4v) is 3.03. The molecule has 2 rings (SSSR count). The van der Waals surface area contributed by atoms with Crippen LogP contribution in [0.15, 0.2) is 12.4 Å². The second-order valence-electron chi connectivity index (χ2n) is 3.79. The highest BCUT2D eigenvalue weighted by atomic mass is 32.2. The van der Waals surface area contributed by atoms with Gasteiger partial charge in [0.2, 0.25) is 0 Å². The van der Waals surface area contributed by atoms with Crippen LogP contribution in [-0.4, -0.2) is 42.3 Å². The predicted molar refractivity (Wildman–Crippen MR) is 60.0 cm³/mol. The van der Waals surface area contributed by atoms with E-state index in [1.54, 1.807) is 12.4 Å². The van der Waals surface area contributed by atoms with Crippen LogP contribution in [0.5, 0.6) is 0 Å². The highest BCUT2D eigenvalue weighted by Gasteiger charge is 2.24. The lowest BCUT2D eigenvalue weighted by Gasteiger charge is -2.15. The number of imidazole rings is 1. The molecule has 90 valence electrons. The van der Waals surface area contributed by atoms with Gasteiger partial charge in [0.05, 0.1) is 0 Å². The van der Waals surface area contributed by atoms with E-state index in [1.165, 1.54) is 4.31 Å². The maximum Gasteiger partial charge on any atom is 0.279 e. The van der Waals surface area contributed by atoms with Crippen molar-refractivity contribution >= 4 is 10.2 Å². The van der Waals surface area contributed by atoms with Gasteiger partial charge in [0.1, 0.15) is 5.82 Å². The fourth-order valence-electron chi connectivity index (χ4n) is 1.75. The van der Waals surface area contributed by atoms with Crippen LogP contribution in [0.25, 0.3) is 0 Å². The molecule has 16 heavy (non-hydrogen) atoms. The Morgan fingerprint density at radius 2 is 2.19 bits per heavy atom. The quantitative estimate of drug-likeness (QED) is 0.758. The lowest BCUT2D eigenvalue weighted by atomic mass is 10.4. The summed E-state index contributed by atoms with van der Waals surface area (Å²) in [6.07, 6.45) is 5.88. The Morgan fingerprint density at radius 1 is 1.44 bits per heavy atom. The molecule has 1 aliphatic rings. The first-order valence-corrected chi connectivity index (χ1v) is 6.85. The van der Waals surface area contributed by atoms with Crippen molar-refractivity contribution in [3.63, 3.8) is 0 Å². The molecule has 1 aliphatic heterocycles. The maximum atomic E-state index is 11.7. The number of nitrogens with one attached hydrogen (secondary N) is 2.